The van der Waals surface area contributed by atoms with E-state index in [1.165, 1.54) is 52.6 Å². The third-order valence-corrected chi connectivity index (χ3v) is 9.76. The van der Waals surface area contributed by atoms with Crippen LogP contribution in [0, 0.1) is 34.3 Å². The van der Waals surface area contributed by atoms with Gasteiger partial charge < -0.3 is 14.9 Å². The summed E-state index contributed by atoms with van der Waals surface area (Å²) in [5.74, 6) is -0.314. The van der Waals surface area contributed by atoms with E-state index < -0.39 is 41.7 Å². The standard InChI is InChI=1S/C20H19F2N5O.C19H15F2N5O/c1-20(2,28)14-5-12(6-15(21)7-14)17-8-16(22)11-26(17)18-3-4-27-19(25-18)13(9-23)10-24-27;1-11(27)12-4-13(6-15(20)5-12)17-7-16(21)10-25(17)18-2-3-26-19(24-18)14(8-22)9-23-26/h3-7,10,16-17,28H,8,11H2,1-2H3;2-6,9,16-17H,7,10H2,1H3/t2*16-,17+/m00/s1. The molecule has 280 valence electrons. The molecule has 6 aromatic rings. The van der Waals surface area contributed by atoms with E-state index in [1.807, 2.05) is 12.1 Å². The predicted molar refractivity (Wildman–Crippen MR) is 193 cm³/mol. The molecule has 2 aromatic carbocycles. The van der Waals surface area contributed by atoms with Gasteiger partial charge in [0.25, 0.3) is 0 Å². The van der Waals surface area contributed by atoms with Crippen molar-refractivity contribution in [1.82, 2.24) is 29.2 Å². The minimum Gasteiger partial charge on any atom is -0.386 e. The van der Waals surface area contributed by atoms with Crippen molar-refractivity contribution >= 4 is 28.7 Å². The topological polar surface area (TPSA) is 152 Å². The number of Topliss-reactive ketones (excluding diaryl/α,β-unsaturated/α-hetero) is 1. The van der Waals surface area contributed by atoms with Crippen LogP contribution < -0.4 is 9.80 Å². The van der Waals surface area contributed by atoms with Gasteiger partial charge in [-0.1, -0.05) is 6.07 Å². The molecule has 55 heavy (non-hydrogen) atoms. The number of hydrogen-bond donors (Lipinski definition) is 1. The number of nitriles is 2. The van der Waals surface area contributed by atoms with Crippen LogP contribution in [0.1, 0.15) is 83.9 Å². The Morgan fingerprint density at radius 3 is 1.71 bits per heavy atom. The number of rotatable bonds is 6. The summed E-state index contributed by atoms with van der Waals surface area (Å²) in [5.41, 5.74) is 1.96. The van der Waals surface area contributed by atoms with Crippen LogP contribution in [0.15, 0.2) is 73.3 Å². The molecular weight excluding hydrogens is 716 g/mol. The number of nitrogens with zero attached hydrogens (tertiary/aromatic N) is 10. The Bertz CT molecular complexity index is 2520. The second kappa shape index (κ2) is 14.4. The predicted octanol–water partition coefficient (Wildman–Crippen LogP) is 6.49. The number of alkyl halides is 2. The number of aromatic nitrogens is 6. The molecule has 0 radical (unpaired) electrons. The van der Waals surface area contributed by atoms with E-state index in [0.29, 0.717) is 50.7 Å². The maximum atomic E-state index is 14.3. The molecule has 2 fully saturated rings. The van der Waals surface area contributed by atoms with Crippen LogP contribution >= 0.6 is 0 Å². The fourth-order valence-corrected chi connectivity index (χ4v) is 7.07. The van der Waals surface area contributed by atoms with Crippen molar-refractivity contribution in [2.24, 2.45) is 0 Å². The lowest BCUT2D eigenvalue weighted by Gasteiger charge is -2.27. The third kappa shape index (κ3) is 7.41. The quantitative estimate of drug-likeness (QED) is 0.148. The van der Waals surface area contributed by atoms with Crippen molar-refractivity contribution in [3.63, 3.8) is 0 Å². The Labute approximate surface area is 312 Å². The summed E-state index contributed by atoms with van der Waals surface area (Å²) >= 11 is 0. The van der Waals surface area contributed by atoms with Crippen molar-refractivity contribution in [2.75, 3.05) is 22.9 Å². The van der Waals surface area contributed by atoms with E-state index in [4.69, 9.17) is 0 Å². The molecule has 16 heteroatoms. The Balaban J connectivity index is 0.000000169. The van der Waals surface area contributed by atoms with Gasteiger partial charge in [-0.15, -0.1) is 0 Å². The zero-order valence-electron chi connectivity index (χ0n) is 29.9. The summed E-state index contributed by atoms with van der Waals surface area (Å²) in [7, 11) is 0. The second-order valence-electron chi connectivity index (χ2n) is 14.1. The molecule has 6 heterocycles. The van der Waals surface area contributed by atoms with E-state index in [2.05, 4.69) is 20.2 Å². The minimum atomic E-state index is -1.22. The Kier molecular flexibility index (Phi) is 9.71. The van der Waals surface area contributed by atoms with Crippen LogP contribution in [0.3, 0.4) is 0 Å². The first kappa shape index (κ1) is 36.9. The van der Waals surface area contributed by atoms with E-state index >= 15 is 0 Å². The van der Waals surface area contributed by atoms with Gasteiger partial charge in [0.15, 0.2) is 17.1 Å². The van der Waals surface area contributed by atoms with Gasteiger partial charge in [-0.25, -0.2) is 36.6 Å². The van der Waals surface area contributed by atoms with Gasteiger partial charge in [-0.3, -0.25) is 4.79 Å². The fourth-order valence-electron chi connectivity index (χ4n) is 7.07. The zero-order chi connectivity index (χ0) is 39.2. The molecule has 0 saturated carbocycles. The molecule has 2 aliphatic heterocycles. The van der Waals surface area contributed by atoms with Gasteiger partial charge in [-0.2, -0.15) is 20.7 Å². The molecule has 0 amide bonds. The molecule has 4 aromatic heterocycles. The number of benzene rings is 2. The molecule has 8 rings (SSSR count). The van der Waals surface area contributed by atoms with Crippen molar-refractivity contribution < 1.29 is 27.5 Å². The van der Waals surface area contributed by atoms with E-state index in [1.54, 1.807) is 60.3 Å². The van der Waals surface area contributed by atoms with Gasteiger partial charge in [0.2, 0.25) is 0 Å². The van der Waals surface area contributed by atoms with Gasteiger partial charge in [0.05, 0.1) is 43.2 Å². The maximum Gasteiger partial charge on any atom is 0.175 e. The normalized spacial score (nSPS) is 19.7. The average molecular weight is 751 g/mol. The molecular formula is C39H34F4N10O2. The molecule has 0 bridgehead atoms. The van der Waals surface area contributed by atoms with Crippen LogP contribution in [-0.2, 0) is 5.60 Å². The number of aliphatic hydroxyl groups is 1. The lowest BCUT2D eigenvalue weighted by molar-refractivity contribution is 0.0781. The molecule has 0 unspecified atom stereocenters. The van der Waals surface area contributed by atoms with Crippen LogP contribution in [0.4, 0.5) is 29.2 Å². The minimum absolute atomic E-state index is 0.0930. The number of carbonyl (C=O) groups excluding carboxylic acids is 1. The van der Waals surface area contributed by atoms with Crippen LogP contribution in [0.25, 0.3) is 11.3 Å². The van der Waals surface area contributed by atoms with Crippen molar-refractivity contribution in [1.29, 1.82) is 10.5 Å². The highest BCUT2D eigenvalue weighted by Gasteiger charge is 2.36. The Hall–Kier alpha value is -6.39. The summed E-state index contributed by atoms with van der Waals surface area (Å²) in [5, 5.41) is 36.7. The fraction of sp³-hybridized carbons (Fsp3) is 0.308. The van der Waals surface area contributed by atoms with Crippen LogP contribution in [-0.4, -0.2) is 65.5 Å². The number of halogens is 4. The number of anilines is 2. The van der Waals surface area contributed by atoms with E-state index in [0.717, 1.165) is 0 Å². The van der Waals surface area contributed by atoms with Gasteiger partial charge in [-0.05, 0) is 79.9 Å². The zero-order valence-corrected chi connectivity index (χ0v) is 29.9. The van der Waals surface area contributed by atoms with Crippen molar-refractivity contribution in [2.45, 2.75) is 63.6 Å². The third-order valence-electron chi connectivity index (χ3n) is 9.76. The summed E-state index contributed by atoms with van der Waals surface area (Å²) in [6, 6.07) is 15.0. The highest BCUT2D eigenvalue weighted by atomic mass is 19.1. The van der Waals surface area contributed by atoms with Crippen molar-refractivity contribution in [3.05, 3.63) is 118 Å². The van der Waals surface area contributed by atoms with Crippen LogP contribution in [0.2, 0.25) is 0 Å². The second-order valence-corrected chi connectivity index (χ2v) is 14.1. The lowest BCUT2D eigenvalue weighted by atomic mass is 9.93. The van der Waals surface area contributed by atoms with E-state index in [-0.39, 0.29) is 37.3 Å². The first-order valence-electron chi connectivity index (χ1n) is 17.4. The maximum absolute atomic E-state index is 14.3. The largest absolute Gasteiger partial charge is 0.386 e. The molecule has 0 aliphatic carbocycles. The SMILES string of the molecule is CC(=O)c1cc(F)cc([C@H]2C[C@H](F)CN2c2ccn3ncc(C#N)c3n2)c1.CC(C)(O)c1cc(F)cc([C@H]2C[C@H](F)CN2c2ccn3ncc(C#N)c3n2)c1. The first-order chi connectivity index (χ1) is 26.2. The average Bonchev–Trinajstić information content (AvgIpc) is 3.94. The van der Waals surface area contributed by atoms with E-state index in [9.17, 15) is 38.0 Å². The first-order valence-corrected chi connectivity index (χ1v) is 17.4. The van der Waals surface area contributed by atoms with Gasteiger partial charge >= 0.3 is 0 Å². The number of hydrogen-bond acceptors (Lipinski definition) is 10. The number of ketones is 1. The number of carbonyl (C=O) groups is 1. The summed E-state index contributed by atoms with van der Waals surface area (Å²) in [4.78, 5) is 24.1. The Morgan fingerprint density at radius 1 is 0.782 bits per heavy atom. The summed E-state index contributed by atoms with van der Waals surface area (Å²) in [6.45, 7) is 4.72. The highest BCUT2D eigenvalue weighted by molar-refractivity contribution is 5.94. The summed E-state index contributed by atoms with van der Waals surface area (Å²) < 4.78 is 59.8. The van der Waals surface area contributed by atoms with Crippen LogP contribution in [0.5, 0.6) is 0 Å². The molecule has 2 saturated heterocycles. The van der Waals surface area contributed by atoms with Gasteiger partial charge in [0.1, 0.15) is 58.9 Å². The molecule has 4 atom stereocenters. The molecule has 1 N–H and O–H groups in total. The smallest absolute Gasteiger partial charge is 0.175 e. The molecule has 2 aliphatic rings. The monoisotopic (exact) mass is 750 g/mol. The summed E-state index contributed by atoms with van der Waals surface area (Å²) in [6.07, 6.45) is 4.28. The lowest BCUT2D eigenvalue weighted by Crippen LogP contribution is -2.25. The molecule has 0 spiro atoms. The molecule has 12 nitrogen and oxygen atoms in total. The van der Waals surface area contributed by atoms with Gasteiger partial charge in [0, 0.05) is 30.8 Å². The van der Waals surface area contributed by atoms with Crippen molar-refractivity contribution in [3.8, 4) is 12.1 Å². The number of fused-ring (bicyclic) bond motifs is 2. The Morgan fingerprint density at radius 2 is 1.25 bits per heavy atom. The highest BCUT2D eigenvalue weighted by Crippen LogP contribution is 2.39.